The van der Waals surface area contributed by atoms with Crippen molar-refractivity contribution in [1.29, 1.82) is 0 Å². The van der Waals surface area contributed by atoms with Crippen LogP contribution in [0.4, 0.5) is 5.82 Å². The van der Waals surface area contributed by atoms with E-state index < -0.39 is 0 Å². The molecule has 6 heteroatoms. The lowest BCUT2D eigenvalue weighted by Crippen LogP contribution is -2.40. The van der Waals surface area contributed by atoms with Gasteiger partial charge < -0.3 is 10.2 Å². The minimum atomic E-state index is 0.771. The van der Waals surface area contributed by atoms with Crippen LogP contribution in [0.5, 0.6) is 0 Å². The maximum Gasteiger partial charge on any atom is 0.204 e. The average molecular weight is 367 g/mol. The Morgan fingerprint density at radius 2 is 2.04 bits per heavy atom. The van der Waals surface area contributed by atoms with Gasteiger partial charge in [0, 0.05) is 25.6 Å². The maximum atomic E-state index is 4.82. The van der Waals surface area contributed by atoms with E-state index >= 15 is 0 Å². The summed E-state index contributed by atoms with van der Waals surface area (Å²) in [5, 5.41) is 12.3. The van der Waals surface area contributed by atoms with Gasteiger partial charge in [-0.2, -0.15) is 0 Å². The van der Waals surface area contributed by atoms with Crippen molar-refractivity contribution in [1.82, 2.24) is 24.5 Å². The number of fused-ring (bicyclic) bond motifs is 3. The summed E-state index contributed by atoms with van der Waals surface area (Å²) < 4.78 is 2.14. The van der Waals surface area contributed by atoms with Crippen molar-refractivity contribution in [3.63, 3.8) is 0 Å². The molecule has 0 aliphatic carbocycles. The second kappa shape index (κ2) is 8.21. The SMILES string of the molecule is CCc1nnc2c(NCCCN3CCCC[C@H]3CC)nc3ccccc3n12. The van der Waals surface area contributed by atoms with E-state index in [2.05, 4.69) is 50.8 Å². The first-order chi connectivity index (χ1) is 13.3. The van der Waals surface area contributed by atoms with Gasteiger partial charge in [-0.05, 0) is 44.4 Å². The third-order valence-electron chi connectivity index (χ3n) is 5.75. The Hall–Kier alpha value is -2.21. The van der Waals surface area contributed by atoms with Gasteiger partial charge in [-0.25, -0.2) is 4.98 Å². The highest BCUT2D eigenvalue weighted by Gasteiger charge is 2.20. The monoisotopic (exact) mass is 366 g/mol. The van der Waals surface area contributed by atoms with Crippen LogP contribution in [0.3, 0.4) is 0 Å². The van der Waals surface area contributed by atoms with Gasteiger partial charge >= 0.3 is 0 Å². The van der Waals surface area contributed by atoms with Crippen LogP contribution in [0.15, 0.2) is 24.3 Å². The van der Waals surface area contributed by atoms with Gasteiger partial charge in [0.05, 0.1) is 11.0 Å². The molecule has 0 bridgehead atoms. The number of hydrogen-bond acceptors (Lipinski definition) is 5. The van der Waals surface area contributed by atoms with E-state index in [1.807, 2.05) is 12.1 Å². The Bertz CT molecular complexity index is 902. The number of nitrogens with one attached hydrogen (secondary N) is 1. The molecule has 3 heterocycles. The van der Waals surface area contributed by atoms with Crippen LogP contribution < -0.4 is 5.32 Å². The second-order valence-corrected chi connectivity index (χ2v) is 7.45. The fourth-order valence-corrected chi connectivity index (χ4v) is 4.29. The molecule has 0 saturated carbocycles. The molecule has 4 rings (SSSR count). The van der Waals surface area contributed by atoms with Crippen LogP contribution in [0.25, 0.3) is 16.7 Å². The zero-order valence-corrected chi connectivity index (χ0v) is 16.5. The molecule has 144 valence electrons. The van der Waals surface area contributed by atoms with Crippen LogP contribution in [0.1, 0.15) is 51.8 Å². The van der Waals surface area contributed by atoms with E-state index in [-0.39, 0.29) is 0 Å². The number of piperidine rings is 1. The van der Waals surface area contributed by atoms with E-state index in [0.29, 0.717) is 0 Å². The Morgan fingerprint density at radius 1 is 1.15 bits per heavy atom. The van der Waals surface area contributed by atoms with Gasteiger partial charge in [-0.15, -0.1) is 10.2 Å². The standard InChI is InChI=1S/C21H30N6/c1-3-16-10-7-8-14-26(16)15-9-13-22-20-21-25-24-19(4-2)27(21)18-12-6-5-11-17(18)23-20/h5-6,11-12,16H,3-4,7-10,13-15H2,1-2H3,(H,22,23)/t16-/m1/s1. The summed E-state index contributed by atoms with van der Waals surface area (Å²) in [7, 11) is 0. The molecule has 6 nitrogen and oxygen atoms in total. The molecule has 0 radical (unpaired) electrons. The van der Waals surface area contributed by atoms with E-state index in [9.17, 15) is 0 Å². The average Bonchev–Trinajstić information content (AvgIpc) is 3.16. The molecule has 1 atom stereocenters. The van der Waals surface area contributed by atoms with Crippen LogP contribution in [0.2, 0.25) is 0 Å². The van der Waals surface area contributed by atoms with Crippen molar-refractivity contribution in [2.24, 2.45) is 0 Å². The van der Waals surface area contributed by atoms with E-state index in [1.54, 1.807) is 0 Å². The van der Waals surface area contributed by atoms with Crippen molar-refractivity contribution in [3.8, 4) is 0 Å². The molecule has 2 aromatic heterocycles. The summed E-state index contributed by atoms with van der Waals surface area (Å²) in [5.74, 6) is 1.82. The molecule has 3 aromatic rings. The maximum absolute atomic E-state index is 4.82. The molecule has 0 unspecified atom stereocenters. The lowest BCUT2D eigenvalue weighted by Gasteiger charge is -2.35. The van der Waals surface area contributed by atoms with Crippen LogP contribution in [-0.4, -0.2) is 50.2 Å². The Balaban J connectivity index is 1.49. The van der Waals surface area contributed by atoms with Crippen molar-refractivity contribution >= 4 is 22.5 Å². The third kappa shape index (κ3) is 3.63. The minimum absolute atomic E-state index is 0.771. The van der Waals surface area contributed by atoms with Gasteiger partial charge in [0.1, 0.15) is 5.82 Å². The quantitative estimate of drug-likeness (QED) is 0.643. The molecule has 1 N–H and O–H groups in total. The summed E-state index contributed by atoms with van der Waals surface area (Å²) in [4.78, 5) is 7.49. The molecular weight excluding hydrogens is 336 g/mol. The van der Waals surface area contributed by atoms with Crippen molar-refractivity contribution < 1.29 is 0 Å². The predicted molar refractivity (Wildman–Crippen MR) is 110 cm³/mol. The van der Waals surface area contributed by atoms with Gasteiger partial charge in [-0.1, -0.05) is 32.4 Å². The van der Waals surface area contributed by atoms with Gasteiger partial charge in [0.2, 0.25) is 5.65 Å². The zero-order chi connectivity index (χ0) is 18.6. The number of likely N-dealkylation sites (tertiary alicyclic amines) is 1. The number of aryl methyl sites for hydroxylation is 1. The molecule has 1 aliphatic heterocycles. The minimum Gasteiger partial charge on any atom is -0.367 e. The number of nitrogens with zero attached hydrogens (tertiary/aromatic N) is 5. The Kier molecular flexibility index (Phi) is 5.53. The smallest absolute Gasteiger partial charge is 0.204 e. The highest BCUT2D eigenvalue weighted by molar-refractivity contribution is 5.82. The van der Waals surface area contributed by atoms with Crippen molar-refractivity contribution in [2.75, 3.05) is 25.0 Å². The molecule has 0 spiro atoms. The highest BCUT2D eigenvalue weighted by Crippen LogP contribution is 2.22. The first kappa shape index (κ1) is 18.2. The Morgan fingerprint density at radius 3 is 2.89 bits per heavy atom. The number of aromatic nitrogens is 4. The number of rotatable bonds is 7. The molecule has 27 heavy (non-hydrogen) atoms. The Labute approximate surface area is 161 Å². The number of hydrogen-bond donors (Lipinski definition) is 1. The highest BCUT2D eigenvalue weighted by atomic mass is 15.3. The van der Waals surface area contributed by atoms with E-state index in [4.69, 9.17) is 4.98 Å². The number of benzene rings is 1. The van der Waals surface area contributed by atoms with Crippen LogP contribution in [-0.2, 0) is 6.42 Å². The second-order valence-electron chi connectivity index (χ2n) is 7.45. The van der Waals surface area contributed by atoms with Crippen LogP contribution in [0, 0.1) is 0 Å². The van der Waals surface area contributed by atoms with Gasteiger partial charge in [0.25, 0.3) is 0 Å². The van der Waals surface area contributed by atoms with Crippen LogP contribution >= 0.6 is 0 Å². The summed E-state index contributed by atoms with van der Waals surface area (Å²) in [5.41, 5.74) is 2.87. The summed E-state index contributed by atoms with van der Waals surface area (Å²) in [6.07, 6.45) is 7.32. The van der Waals surface area contributed by atoms with Crippen molar-refractivity contribution in [2.45, 2.75) is 58.4 Å². The van der Waals surface area contributed by atoms with E-state index in [1.165, 1.54) is 32.2 Å². The topological polar surface area (TPSA) is 58.4 Å². The summed E-state index contributed by atoms with van der Waals surface area (Å²) in [6.45, 7) is 7.74. The molecule has 1 saturated heterocycles. The largest absolute Gasteiger partial charge is 0.367 e. The first-order valence-corrected chi connectivity index (χ1v) is 10.4. The lowest BCUT2D eigenvalue weighted by atomic mass is 10.00. The predicted octanol–water partition coefficient (Wildman–Crippen LogP) is 3.91. The first-order valence-electron chi connectivity index (χ1n) is 10.4. The normalized spacial score (nSPS) is 18.4. The van der Waals surface area contributed by atoms with E-state index in [0.717, 1.165) is 60.3 Å². The third-order valence-corrected chi connectivity index (χ3v) is 5.75. The zero-order valence-electron chi connectivity index (χ0n) is 16.5. The number of anilines is 1. The number of para-hydroxylation sites is 2. The molecule has 0 amide bonds. The molecule has 1 fully saturated rings. The summed E-state index contributed by atoms with van der Waals surface area (Å²) in [6, 6.07) is 8.98. The summed E-state index contributed by atoms with van der Waals surface area (Å²) >= 11 is 0. The fraction of sp³-hybridized carbons (Fsp3) is 0.571. The van der Waals surface area contributed by atoms with Gasteiger partial charge in [-0.3, -0.25) is 4.40 Å². The van der Waals surface area contributed by atoms with Crippen molar-refractivity contribution in [3.05, 3.63) is 30.1 Å². The van der Waals surface area contributed by atoms with Gasteiger partial charge in [0.15, 0.2) is 5.82 Å². The lowest BCUT2D eigenvalue weighted by molar-refractivity contribution is 0.144. The molecule has 1 aromatic carbocycles. The molecule has 1 aliphatic rings. The fourth-order valence-electron chi connectivity index (χ4n) is 4.29. The molecular formula is C21H30N6.